The number of benzene rings is 1. The van der Waals surface area contributed by atoms with Crippen molar-refractivity contribution in [2.24, 2.45) is 5.92 Å². The van der Waals surface area contributed by atoms with Crippen LogP contribution in [0.3, 0.4) is 0 Å². The van der Waals surface area contributed by atoms with Crippen LogP contribution in [-0.4, -0.2) is 15.8 Å². The maximum absolute atomic E-state index is 13.0. The van der Waals surface area contributed by atoms with Crippen LogP contribution in [0.5, 0.6) is 0 Å². The summed E-state index contributed by atoms with van der Waals surface area (Å²) in [6.45, 7) is 4.52. The zero-order valence-corrected chi connectivity index (χ0v) is 21.8. The van der Waals surface area contributed by atoms with Gasteiger partial charge in [-0.3, -0.25) is 4.79 Å². The van der Waals surface area contributed by atoms with E-state index in [-0.39, 0.29) is 5.92 Å². The monoisotopic (exact) mass is 462 g/mol. The van der Waals surface area contributed by atoms with Crippen LogP contribution < -0.4 is 0 Å². The van der Waals surface area contributed by atoms with Gasteiger partial charge in [0.1, 0.15) is 0 Å². The normalized spacial score (nSPS) is 15.1. The van der Waals surface area contributed by atoms with Gasteiger partial charge in [-0.1, -0.05) is 109 Å². The molecule has 3 heteroatoms. The molecular weight excluding hydrogens is 416 g/mol. The van der Waals surface area contributed by atoms with Crippen molar-refractivity contribution in [3.63, 3.8) is 0 Å². The molecule has 0 amide bonds. The molecule has 1 aromatic carbocycles. The maximum atomic E-state index is 13.0. The molecule has 1 aromatic heterocycles. The molecule has 0 saturated carbocycles. The molecule has 186 valence electrons. The summed E-state index contributed by atoms with van der Waals surface area (Å²) in [6, 6.07) is 6.25. The van der Waals surface area contributed by atoms with Crippen LogP contribution in [-0.2, 0) is 12.8 Å². The Labute approximate surface area is 208 Å². The quantitative estimate of drug-likeness (QED) is 0.220. The first-order valence-corrected chi connectivity index (χ1v) is 14.2. The summed E-state index contributed by atoms with van der Waals surface area (Å²) in [5.74, 6) is 1.23. The van der Waals surface area contributed by atoms with Gasteiger partial charge < -0.3 is 0 Å². The lowest BCUT2D eigenvalue weighted by Gasteiger charge is -2.07. The number of aromatic nitrogens is 2. The number of carbonyl (C=O) groups excluding carboxylic acids is 1. The van der Waals surface area contributed by atoms with E-state index in [1.807, 2.05) is 18.5 Å². The molecule has 2 aromatic rings. The van der Waals surface area contributed by atoms with Crippen LogP contribution in [0, 0.1) is 5.92 Å². The minimum Gasteiger partial charge on any atom is -0.294 e. The number of hydrogen-bond acceptors (Lipinski definition) is 3. The van der Waals surface area contributed by atoms with Gasteiger partial charge in [-0.25, -0.2) is 9.97 Å². The van der Waals surface area contributed by atoms with Crippen molar-refractivity contribution < 1.29 is 4.79 Å². The molecule has 3 nitrogen and oxygen atoms in total. The maximum Gasteiger partial charge on any atom is 0.166 e. The number of hydrogen-bond donors (Lipinski definition) is 0. The number of carbonyl (C=O) groups is 1. The summed E-state index contributed by atoms with van der Waals surface area (Å²) in [5.41, 5.74) is 4.29. The Kier molecular flexibility index (Phi) is 11.8. The number of nitrogens with zero attached hydrogens (tertiary/aromatic N) is 2. The van der Waals surface area contributed by atoms with Crippen molar-refractivity contribution in [2.45, 2.75) is 123 Å². The Balaban J connectivity index is 1.43. The van der Waals surface area contributed by atoms with Gasteiger partial charge in [-0.2, -0.15) is 0 Å². The van der Waals surface area contributed by atoms with Crippen LogP contribution >= 0.6 is 0 Å². The summed E-state index contributed by atoms with van der Waals surface area (Å²) in [4.78, 5) is 22.3. The number of fused-ring (bicyclic) bond motifs is 1. The van der Waals surface area contributed by atoms with E-state index in [1.54, 1.807) is 0 Å². The Hall–Kier alpha value is -2.03. The molecule has 0 saturated heterocycles. The zero-order chi connectivity index (χ0) is 24.0. The second kappa shape index (κ2) is 15.1. The average molecular weight is 463 g/mol. The van der Waals surface area contributed by atoms with Crippen LogP contribution in [0.4, 0.5) is 0 Å². The fourth-order valence-electron chi connectivity index (χ4n) is 5.20. The Bertz CT molecular complexity index is 858. The highest BCUT2D eigenvalue weighted by atomic mass is 16.1. The number of Topliss-reactive ketones (excluding diaryl/α,β-unsaturated/α-hetero) is 1. The number of rotatable bonds is 17. The Morgan fingerprint density at radius 2 is 1.35 bits per heavy atom. The molecule has 1 heterocycles. The molecular formula is C31H46N2O. The number of ketones is 1. The van der Waals surface area contributed by atoms with Gasteiger partial charge in [-0.15, -0.1) is 0 Å². The zero-order valence-electron chi connectivity index (χ0n) is 21.8. The second-order valence-corrected chi connectivity index (χ2v) is 10.3. The minimum atomic E-state index is 0.173. The van der Waals surface area contributed by atoms with Gasteiger partial charge in [0.15, 0.2) is 11.6 Å². The second-order valence-electron chi connectivity index (χ2n) is 10.3. The van der Waals surface area contributed by atoms with E-state index in [1.165, 1.54) is 101 Å². The number of unbranched alkanes of at least 4 members (excludes halogenated alkanes) is 12. The SMILES string of the molecule is CCCCCCCCCCc1cnc(-c2ccc3c(c2)C(=O)C(CCCCCCCC)C3)nc1. The van der Waals surface area contributed by atoms with Crippen molar-refractivity contribution in [3.8, 4) is 11.4 Å². The smallest absolute Gasteiger partial charge is 0.166 e. The van der Waals surface area contributed by atoms with Crippen LogP contribution in [0.2, 0.25) is 0 Å². The highest BCUT2D eigenvalue weighted by Crippen LogP contribution is 2.32. The molecule has 0 bridgehead atoms. The summed E-state index contributed by atoms with van der Waals surface area (Å²) < 4.78 is 0. The molecule has 1 unspecified atom stereocenters. The molecule has 0 aliphatic heterocycles. The van der Waals surface area contributed by atoms with E-state index in [2.05, 4.69) is 35.9 Å². The van der Waals surface area contributed by atoms with Gasteiger partial charge >= 0.3 is 0 Å². The Morgan fingerprint density at radius 1 is 0.765 bits per heavy atom. The van der Waals surface area contributed by atoms with Crippen molar-refractivity contribution in [1.29, 1.82) is 0 Å². The van der Waals surface area contributed by atoms with Crippen molar-refractivity contribution in [2.75, 3.05) is 0 Å². The van der Waals surface area contributed by atoms with Gasteiger partial charge in [0.25, 0.3) is 0 Å². The highest BCUT2D eigenvalue weighted by molar-refractivity contribution is 6.03. The van der Waals surface area contributed by atoms with E-state index in [9.17, 15) is 4.79 Å². The van der Waals surface area contributed by atoms with Gasteiger partial charge in [-0.05, 0) is 42.9 Å². The largest absolute Gasteiger partial charge is 0.294 e. The first kappa shape index (κ1) is 26.6. The molecule has 34 heavy (non-hydrogen) atoms. The minimum absolute atomic E-state index is 0.173. The van der Waals surface area contributed by atoms with Crippen LogP contribution in [0.25, 0.3) is 11.4 Å². The fourth-order valence-corrected chi connectivity index (χ4v) is 5.20. The van der Waals surface area contributed by atoms with Gasteiger partial charge in [0.05, 0.1) is 0 Å². The molecule has 0 fully saturated rings. The van der Waals surface area contributed by atoms with Crippen LogP contribution in [0.15, 0.2) is 30.6 Å². The van der Waals surface area contributed by atoms with Crippen molar-refractivity contribution >= 4 is 5.78 Å². The summed E-state index contributed by atoms with van der Waals surface area (Å²) >= 11 is 0. The van der Waals surface area contributed by atoms with Crippen molar-refractivity contribution in [1.82, 2.24) is 9.97 Å². The van der Waals surface area contributed by atoms with E-state index in [4.69, 9.17) is 0 Å². The third-order valence-corrected chi connectivity index (χ3v) is 7.40. The lowest BCUT2D eigenvalue weighted by molar-refractivity contribution is 0.0929. The van der Waals surface area contributed by atoms with E-state index < -0.39 is 0 Å². The molecule has 3 rings (SSSR count). The van der Waals surface area contributed by atoms with Crippen LogP contribution in [0.1, 0.15) is 132 Å². The van der Waals surface area contributed by atoms with E-state index in [0.29, 0.717) is 5.78 Å². The lowest BCUT2D eigenvalue weighted by atomic mass is 9.96. The third-order valence-electron chi connectivity index (χ3n) is 7.40. The molecule has 1 atom stereocenters. The Morgan fingerprint density at radius 3 is 2.00 bits per heavy atom. The number of aryl methyl sites for hydroxylation is 1. The average Bonchev–Trinajstić information content (AvgIpc) is 3.18. The molecule has 0 N–H and O–H groups in total. The topological polar surface area (TPSA) is 42.9 Å². The fraction of sp³-hybridized carbons (Fsp3) is 0.645. The highest BCUT2D eigenvalue weighted by Gasteiger charge is 2.30. The molecule has 1 aliphatic rings. The standard InChI is InChI=1S/C31H46N2O/c1-3-5-7-9-11-12-13-15-17-25-23-32-31(33-24-25)28-20-19-26-21-27(30(34)29(26)22-28)18-16-14-10-8-6-4-2/h19-20,22-24,27H,3-18,21H2,1-2H3. The molecule has 1 aliphatic carbocycles. The molecule has 0 spiro atoms. The predicted octanol–water partition coefficient (Wildman–Crippen LogP) is 8.93. The van der Waals surface area contributed by atoms with E-state index in [0.717, 1.165) is 36.2 Å². The first-order chi connectivity index (χ1) is 16.7. The summed E-state index contributed by atoms with van der Waals surface area (Å²) in [5, 5.41) is 0. The van der Waals surface area contributed by atoms with Gasteiger partial charge in [0.2, 0.25) is 0 Å². The lowest BCUT2D eigenvalue weighted by Crippen LogP contribution is -2.08. The van der Waals surface area contributed by atoms with Crippen molar-refractivity contribution in [3.05, 3.63) is 47.3 Å². The summed E-state index contributed by atoms with van der Waals surface area (Å²) in [7, 11) is 0. The third kappa shape index (κ3) is 8.32. The summed E-state index contributed by atoms with van der Waals surface area (Å²) in [6.07, 6.45) is 25.3. The van der Waals surface area contributed by atoms with E-state index >= 15 is 0 Å². The van der Waals surface area contributed by atoms with Gasteiger partial charge in [0, 0.05) is 29.4 Å². The predicted molar refractivity (Wildman–Crippen MR) is 143 cm³/mol. The molecule has 0 radical (unpaired) electrons. The first-order valence-electron chi connectivity index (χ1n) is 14.2.